The van der Waals surface area contributed by atoms with Crippen molar-refractivity contribution in [2.75, 3.05) is 46.4 Å². The number of allylic oxidation sites excluding steroid dienone is 1. The first kappa shape index (κ1) is 53.7. The molecule has 0 saturated carbocycles. The monoisotopic (exact) mass is 975 g/mol. The van der Waals surface area contributed by atoms with E-state index in [4.69, 9.17) is 31.9 Å². The molecule has 0 radical (unpaired) electrons. The molecule has 0 unspecified atom stereocenters. The molecule has 10 N–H and O–H groups in total. The largest absolute Gasteiger partial charge is 0.492 e. The summed E-state index contributed by atoms with van der Waals surface area (Å²) in [4.78, 5) is 76.6. The first-order chi connectivity index (χ1) is 31.9. The molecule has 368 valence electrons. The van der Waals surface area contributed by atoms with Crippen LogP contribution in [0.4, 0.5) is 19.4 Å². The number of hydrogen-bond donors (Lipinski definition) is 7. The van der Waals surface area contributed by atoms with Gasteiger partial charge in [-0.2, -0.15) is 5.26 Å². The Kier molecular flexibility index (Phi) is 17.2. The number of carbonyl (C=O) groups is 5. The zero-order valence-corrected chi connectivity index (χ0v) is 38.4. The number of aliphatic imine (C=N–C) groups is 2. The molecule has 3 aromatic rings. The van der Waals surface area contributed by atoms with Gasteiger partial charge in [0, 0.05) is 54.5 Å². The lowest BCUT2D eigenvalue weighted by atomic mass is 9.93. The zero-order chi connectivity index (χ0) is 50.6. The summed E-state index contributed by atoms with van der Waals surface area (Å²) in [6.07, 6.45) is -0.214. The zero-order valence-electron chi connectivity index (χ0n) is 37.6. The van der Waals surface area contributed by atoms with Gasteiger partial charge in [-0.15, -0.1) is 0 Å². The first-order valence-corrected chi connectivity index (χ1v) is 22.9. The van der Waals surface area contributed by atoms with Gasteiger partial charge in [0.25, 0.3) is 0 Å². The SMILES string of the molecule is C=NC(=N/C(C)=C(\C)C(=O)N[C@@H](CCN)C(=O)N(C)[C@@H]1C(=O)N[C@@H](C)C(=O)N[C@H](C(=O)NCC#N)Cc2ccc(OCCN)c(c2)-c2cc1ccc2OCCN)c1ccc(S(F)(F)(F)(F)F)cc1. The maximum atomic E-state index is 14.6. The van der Waals surface area contributed by atoms with Crippen LogP contribution in [0.3, 0.4) is 0 Å². The van der Waals surface area contributed by atoms with Crippen molar-refractivity contribution in [3.63, 3.8) is 0 Å². The lowest BCUT2D eigenvalue weighted by molar-refractivity contribution is -0.142. The Bertz CT molecular complexity index is 2520. The quantitative estimate of drug-likeness (QED) is 0.0337. The minimum atomic E-state index is -9.97. The highest BCUT2D eigenvalue weighted by Gasteiger charge is 2.65. The maximum absolute atomic E-state index is 14.6. The Balaban J connectivity index is 1.81. The summed E-state index contributed by atoms with van der Waals surface area (Å²) >= 11 is 0. The Labute approximate surface area is 389 Å². The molecule has 24 heteroatoms. The Morgan fingerprint density at radius 3 is 2.07 bits per heavy atom. The van der Waals surface area contributed by atoms with Crippen molar-refractivity contribution in [1.29, 1.82) is 5.26 Å². The molecule has 3 aromatic carbocycles. The minimum Gasteiger partial charge on any atom is -0.492 e. The van der Waals surface area contributed by atoms with E-state index in [2.05, 4.69) is 38.0 Å². The smallest absolute Gasteiger partial charge is 0.310 e. The van der Waals surface area contributed by atoms with E-state index in [0.29, 0.717) is 28.2 Å². The number of nitrogens with one attached hydrogen (secondary N) is 4. The van der Waals surface area contributed by atoms with Crippen molar-refractivity contribution >= 4 is 52.3 Å². The third kappa shape index (κ3) is 13.8. The highest BCUT2D eigenvalue weighted by molar-refractivity contribution is 8.45. The van der Waals surface area contributed by atoms with Crippen LogP contribution in [0.15, 0.2) is 86.8 Å². The molecule has 0 saturated heterocycles. The van der Waals surface area contributed by atoms with Gasteiger partial charge in [0.05, 0.1) is 6.07 Å². The number of carbonyl (C=O) groups excluding carboxylic acids is 5. The number of nitriles is 1. The number of likely N-dealkylation sites (N-methyl/N-ethyl adjacent to an activating group) is 1. The molecule has 1 heterocycles. The Morgan fingerprint density at radius 2 is 1.51 bits per heavy atom. The van der Waals surface area contributed by atoms with Crippen molar-refractivity contribution in [1.82, 2.24) is 26.2 Å². The number of rotatable bonds is 17. The third-order valence-corrected chi connectivity index (χ3v) is 11.6. The molecule has 0 aliphatic carbocycles. The van der Waals surface area contributed by atoms with Gasteiger partial charge in [-0.1, -0.05) is 31.6 Å². The molecule has 5 amide bonds. The van der Waals surface area contributed by atoms with E-state index in [1.807, 2.05) is 6.07 Å². The van der Waals surface area contributed by atoms with Gasteiger partial charge in [0.15, 0.2) is 5.84 Å². The molecule has 1 aliphatic heterocycles. The number of amides is 5. The van der Waals surface area contributed by atoms with Crippen LogP contribution in [0, 0.1) is 11.3 Å². The topological polar surface area (TPSA) is 282 Å². The maximum Gasteiger partial charge on any atom is 0.310 e. The molecule has 68 heavy (non-hydrogen) atoms. The molecule has 0 aromatic heterocycles. The predicted molar refractivity (Wildman–Crippen MR) is 246 cm³/mol. The van der Waals surface area contributed by atoms with Crippen LogP contribution in [-0.4, -0.2) is 112 Å². The Morgan fingerprint density at radius 1 is 0.912 bits per heavy atom. The summed E-state index contributed by atoms with van der Waals surface area (Å²) in [5.41, 5.74) is 18.7. The Hall–Kier alpha value is -6.94. The predicted octanol–water partition coefficient (Wildman–Crippen LogP) is 3.65. The van der Waals surface area contributed by atoms with Crippen LogP contribution in [-0.2, 0) is 30.4 Å². The van der Waals surface area contributed by atoms with E-state index in [1.165, 1.54) is 33.9 Å². The fourth-order valence-corrected chi connectivity index (χ4v) is 7.51. The van der Waals surface area contributed by atoms with Gasteiger partial charge < -0.3 is 52.8 Å². The average molecular weight is 976 g/mol. The van der Waals surface area contributed by atoms with Crippen LogP contribution in [0.25, 0.3) is 11.1 Å². The van der Waals surface area contributed by atoms with E-state index in [9.17, 15) is 43.4 Å². The molecular formula is C44H54F5N11O7S. The van der Waals surface area contributed by atoms with Crippen molar-refractivity contribution in [2.24, 2.45) is 27.2 Å². The van der Waals surface area contributed by atoms with Gasteiger partial charge >= 0.3 is 10.2 Å². The molecule has 4 rings (SSSR count). The molecule has 18 nitrogen and oxygen atoms in total. The first-order valence-electron chi connectivity index (χ1n) is 20.9. The van der Waals surface area contributed by atoms with Crippen LogP contribution < -0.4 is 47.9 Å². The molecule has 4 atom stereocenters. The molecule has 0 fully saturated rings. The lowest BCUT2D eigenvalue weighted by Crippen LogP contribution is -2.56. The number of benzene rings is 3. The number of nitrogens with two attached hydrogens (primary N) is 3. The van der Waals surface area contributed by atoms with E-state index in [0.717, 1.165) is 17.0 Å². The molecule has 1 aliphatic rings. The average Bonchev–Trinajstić information content (AvgIpc) is 3.29. The number of hydrogen-bond acceptors (Lipinski definition) is 12. The number of fused-ring (bicyclic) bond motifs is 5. The minimum absolute atomic E-state index is 0.0418. The summed E-state index contributed by atoms with van der Waals surface area (Å²) in [6.45, 7) is 7.32. The second-order valence-corrected chi connectivity index (χ2v) is 17.9. The molecular weight excluding hydrogens is 922 g/mol. The summed E-state index contributed by atoms with van der Waals surface area (Å²) < 4.78 is 78.7. The van der Waals surface area contributed by atoms with Gasteiger partial charge in [-0.05, 0) is 100 Å². The van der Waals surface area contributed by atoms with Crippen LogP contribution >= 0.6 is 10.2 Å². The van der Waals surface area contributed by atoms with Gasteiger partial charge in [-0.25, -0.2) is 9.98 Å². The van der Waals surface area contributed by atoms with Crippen molar-refractivity contribution in [3.05, 3.63) is 88.6 Å². The number of nitrogens with zero attached hydrogens (tertiary/aromatic N) is 4. The van der Waals surface area contributed by atoms with E-state index >= 15 is 0 Å². The number of ether oxygens (including phenoxy) is 2. The second kappa shape index (κ2) is 21.8. The molecule has 4 bridgehead atoms. The summed E-state index contributed by atoms with van der Waals surface area (Å²) in [7, 11) is -8.68. The normalized spacial score (nSPS) is 18.3. The molecule has 0 spiro atoms. The second-order valence-electron chi connectivity index (χ2n) is 15.5. The van der Waals surface area contributed by atoms with E-state index < -0.39 is 68.8 Å². The van der Waals surface area contributed by atoms with Gasteiger partial charge in [0.1, 0.15) is 60.3 Å². The van der Waals surface area contributed by atoms with E-state index in [-0.39, 0.29) is 92.6 Å². The van der Waals surface area contributed by atoms with E-state index in [1.54, 1.807) is 30.3 Å². The van der Waals surface area contributed by atoms with Crippen molar-refractivity contribution in [3.8, 4) is 28.7 Å². The highest BCUT2D eigenvalue weighted by atomic mass is 32.5. The van der Waals surface area contributed by atoms with Crippen molar-refractivity contribution < 1.29 is 52.9 Å². The highest BCUT2D eigenvalue weighted by Crippen LogP contribution is 3.02. The third-order valence-electron chi connectivity index (χ3n) is 10.5. The van der Waals surface area contributed by atoms with Crippen LogP contribution in [0.1, 0.15) is 49.9 Å². The fraction of sp³-hybridized carbons (Fsp3) is 0.364. The van der Waals surface area contributed by atoms with Crippen LogP contribution in [0.5, 0.6) is 11.5 Å². The van der Waals surface area contributed by atoms with Crippen LogP contribution in [0.2, 0.25) is 0 Å². The summed E-state index contributed by atoms with van der Waals surface area (Å²) in [6, 6.07) is 7.89. The fourth-order valence-electron chi connectivity index (χ4n) is 6.86. The number of halogens is 5. The summed E-state index contributed by atoms with van der Waals surface area (Å²) in [5.74, 6) is -3.68. The summed E-state index contributed by atoms with van der Waals surface area (Å²) in [5, 5.41) is 19.4. The van der Waals surface area contributed by atoms with Crippen molar-refractivity contribution in [2.45, 2.75) is 62.7 Å². The van der Waals surface area contributed by atoms with Gasteiger partial charge in [-0.3, -0.25) is 24.0 Å². The lowest BCUT2D eigenvalue weighted by Gasteiger charge is -2.40. The van der Waals surface area contributed by atoms with Gasteiger partial charge in [0.2, 0.25) is 29.5 Å². The number of amidine groups is 1. The standard InChI is InChI=1S/C44H54F5N11O7S/c1-25(26(2)56-39(54-4)29-7-10-31(11-8-29)68(45,46,47,48)49)40(61)58-34(14-15-50)44(65)60(5)38-30-9-13-37(67-21-18-53)33(24-30)32-22-28(6-12-36(32)66-20-17-52)23-35(42(63)55-19-16-51)59-41(62)27(3)57-43(38)64/h6-13,22,24,27,34-35,38H,4,14-15,17-21,23,50,52-53H2,1-3,5H3,(H,55,63)(H,57,64)(H,58,61)(H,59,62)/b26-25+,56-39?/t27-,34-,35-,38-/m0/s1.